The predicted molar refractivity (Wildman–Crippen MR) is 90.9 cm³/mol. The van der Waals surface area contributed by atoms with Crippen LogP contribution in [0.3, 0.4) is 0 Å². The van der Waals surface area contributed by atoms with Crippen LogP contribution in [0, 0.1) is 5.92 Å². The third kappa shape index (κ3) is 5.34. The van der Waals surface area contributed by atoms with Crippen LogP contribution >= 0.6 is 0 Å². The summed E-state index contributed by atoms with van der Waals surface area (Å²) in [5.41, 5.74) is 0.962. The number of rotatable bonds is 7. The monoisotopic (exact) mass is 338 g/mol. The molecule has 0 amide bonds. The van der Waals surface area contributed by atoms with Crippen molar-refractivity contribution in [2.75, 3.05) is 12.4 Å². The number of esters is 1. The lowest BCUT2D eigenvalue weighted by molar-refractivity contribution is -0.147. The Hall–Kier alpha value is -1.36. The average Bonchev–Trinajstić information content (AvgIpc) is 2.56. The van der Waals surface area contributed by atoms with E-state index >= 15 is 0 Å². The maximum atomic E-state index is 12.7. The molecule has 1 atom stereocenters. The summed E-state index contributed by atoms with van der Waals surface area (Å²) >= 11 is 0. The molecule has 23 heavy (non-hydrogen) atoms. The van der Waals surface area contributed by atoms with Crippen molar-refractivity contribution in [1.29, 1.82) is 0 Å². The first-order valence-electron chi connectivity index (χ1n) is 8.45. The Morgan fingerprint density at radius 1 is 1.17 bits per heavy atom. The molecule has 1 aliphatic carbocycles. The van der Waals surface area contributed by atoms with Gasteiger partial charge in [0.05, 0.1) is 23.5 Å². The van der Waals surface area contributed by atoms with Gasteiger partial charge in [-0.05, 0) is 31.7 Å². The van der Waals surface area contributed by atoms with Gasteiger partial charge >= 0.3 is 5.97 Å². The lowest BCUT2D eigenvalue weighted by atomic mass is 10.0. The minimum atomic E-state index is -3.27. The van der Waals surface area contributed by atoms with Crippen molar-refractivity contribution >= 4 is 15.8 Å². The molecular formula is C18H26O4S. The third-order valence-electron chi connectivity index (χ3n) is 4.44. The minimum Gasteiger partial charge on any atom is -0.466 e. The van der Waals surface area contributed by atoms with Crippen LogP contribution in [0.2, 0.25) is 0 Å². The van der Waals surface area contributed by atoms with Crippen molar-refractivity contribution in [1.82, 2.24) is 0 Å². The van der Waals surface area contributed by atoms with E-state index in [0.29, 0.717) is 6.42 Å². The topological polar surface area (TPSA) is 60.4 Å². The highest BCUT2D eigenvalue weighted by Crippen LogP contribution is 2.26. The van der Waals surface area contributed by atoms with Gasteiger partial charge in [-0.1, -0.05) is 49.6 Å². The van der Waals surface area contributed by atoms with Gasteiger partial charge in [-0.2, -0.15) is 0 Å². The maximum Gasteiger partial charge on any atom is 0.310 e. The minimum absolute atomic E-state index is 0.106. The van der Waals surface area contributed by atoms with E-state index in [1.54, 1.807) is 6.92 Å². The summed E-state index contributed by atoms with van der Waals surface area (Å²) in [5.74, 6) is -1.13. The molecule has 0 unspecified atom stereocenters. The van der Waals surface area contributed by atoms with Gasteiger partial charge in [-0.25, -0.2) is 8.42 Å². The Labute approximate surface area is 139 Å². The molecule has 4 nitrogen and oxygen atoms in total. The van der Waals surface area contributed by atoms with E-state index in [1.807, 2.05) is 30.3 Å². The largest absolute Gasteiger partial charge is 0.466 e. The van der Waals surface area contributed by atoms with Crippen LogP contribution in [0.15, 0.2) is 30.3 Å². The lowest BCUT2D eigenvalue weighted by Gasteiger charge is -2.24. The second kappa shape index (κ2) is 8.48. The molecule has 0 aliphatic heterocycles. The van der Waals surface area contributed by atoms with E-state index in [2.05, 4.69) is 0 Å². The summed E-state index contributed by atoms with van der Waals surface area (Å²) in [6.45, 7) is 2.01. The number of carbonyl (C=O) groups excluding carboxylic acids is 1. The highest BCUT2D eigenvalue weighted by atomic mass is 32.2. The van der Waals surface area contributed by atoms with Gasteiger partial charge in [0.15, 0.2) is 9.84 Å². The molecule has 2 rings (SSSR count). The summed E-state index contributed by atoms with van der Waals surface area (Å²) < 4.78 is 30.5. The molecule has 1 aliphatic rings. The van der Waals surface area contributed by atoms with Gasteiger partial charge in [0.2, 0.25) is 0 Å². The average molecular weight is 338 g/mol. The van der Waals surface area contributed by atoms with Crippen molar-refractivity contribution in [3.8, 4) is 0 Å². The van der Waals surface area contributed by atoms with E-state index in [4.69, 9.17) is 4.74 Å². The number of hydrogen-bond acceptors (Lipinski definition) is 4. The molecule has 0 heterocycles. The first kappa shape index (κ1) is 18.0. The number of benzene rings is 1. The van der Waals surface area contributed by atoms with Crippen molar-refractivity contribution in [3.05, 3.63) is 35.9 Å². The maximum absolute atomic E-state index is 12.7. The summed E-state index contributed by atoms with van der Waals surface area (Å²) in [5, 5.41) is -0.288. The van der Waals surface area contributed by atoms with E-state index in [0.717, 1.165) is 37.7 Å². The Bertz CT molecular complexity index is 589. The molecule has 0 aromatic heterocycles. The number of ether oxygens (including phenoxy) is 1. The zero-order chi connectivity index (χ0) is 16.7. The third-order valence-corrected chi connectivity index (χ3v) is 6.79. The van der Waals surface area contributed by atoms with E-state index in [-0.39, 0.29) is 17.6 Å². The SMILES string of the molecule is CCOC(=O)[C@@H](Cc1ccccc1)CS(=O)(=O)C1CCCCC1. The second-order valence-corrected chi connectivity index (χ2v) is 8.55. The fourth-order valence-electron chi connectivity index (χ4n) is 3.21. The normalized spacial score (nSPS) is 17.6. The molecule has 0 saturated heterocycles. The fraction of sp³-hybridized carbons (Fsp3) is 0.611. The summed E-state index contributed by atoms with van der Waals surface area (Å²) in [6.07, 6.45) is 4.90. The summed E-state index contributed by atoms with van der Waals surface area (Å²) in [6, 6.07) is 9.53. The Kier molecular flexibility index (Phi) is 6.63. The van der Waals surface area contributed by atoms with Gasteiger partial charge < -0.3 is 4.74 Å². The Morgan fingerprint density at radius 2 is 1.83 bits per heavy atom. The molecule has 0 N–H and O–H groups in total. The highest BCUT2D eigenvalue weighted by molar-refractivity contribution is 7.92. The predicted octanol–water partition coefficient (Wildman–Crippen LogP) is 3.16. The number of sulfone groups is 1. The van der Waals surface area contributed by atoms with E-state index in [1.165, 1.54) is 0 Å². The van der Waals surface area contributed by atoms with E-state index < -0.39 is 21.7 Å². The molecule has 1 aromatic carbocycles. The van der Waals surface area contributed by atoms with E-state index in [9.17, 15) is 13.2 Å². The Morgan fingerprint density at radius 3 is 2.43 bits per heavy atom. The summed E-state index contributed by atoms with van der Waals surface area (Å²) in [4.78, 5) is 12.2. The van der Waals surface area contributed by atoms with Crippen LogP contribution < -0.4 is 0 Å². The zero-order valence-corrected chi connectivity index (χ0v) is 14.6. The first-order valence-corrected chi connectivity index (χ1v) is 10.2. The van der Waals surface area contributed by atoms with Crippen molar-refractivity contribution in [2.24, 2.45) is 5.92 Å². The molecule has 0 bridgehead atoms. The van der Waals surface area contributed by atoms with Crippen LogP contribution in [0.4, 0.5) is 0 Å². The number of hydrogen-bond donors (Lipinski definition) is 0. The van der Waals surface area contributed by atoms with Crippen LogP contribution in [0.5, 0.6) is 0 Å². The zero-order valence-electron chi connectivity index (χ0n) is 13.7. The van der Waals surface area contributed by atoms with Gasteiger partial charge in [0, 0.05) is 0 Å². The van der Waals surface area contributed by atoms with Crippen LogP contribution in [0.1, 0.15) is 44.6 Å². The quantitative estimate of drug-likeness (QED) is 0.717. The van der Waals surface area contributed by atoms with Crippen LogP contribution in [-0.4, -0.2) is 32.0 Å². The molecule has 0 spiro atoms. The van der Waals surface area contributed by atoms with Gasteiger partial charge in [-0.15, -0.1) is 0 Å². The molecule has 0 radical (unpaired) electrons. The summed E-state index contributed by atoms with van der Waals surface area (Å²) in [7, 11) is -3.27. The highest BCUT2D eigenvalue weighted by Gasteiger charge is 2.33. The van der Waals surface area contributed by atoms with Gasteiger partial charge in [0.1, 0.15) is 0 Å². The Balaban J connectivity index is 2.11. The van der Waals surface area contributed by atoms with Crippen molar-refractivity contribution in [3.63, 3.8) is 0 Å². The van der Waals surface area contributed by atoms with Crippen molar-refractivity contribution in [2.45, 2.75) is 50.7 Å². The first-order chi connectivity index (χ1) is 11.0. The van der Waals surface area contributed by atoms with Gasteiger partial charge in [0.25, 0.3) is 0 Å². The second-order valence-electron chi connectivity index (χ2n) is 6.23. The van der Waals surface area contributed by atoms with Crippen LogP contribution in [0.25, 0.3) is 0 Å². The molecular weight excluding hydrogens is 312 g/mol. The molecule has 5 heteroatoms. The van der Waals surface area contributed by atoms with Crippen molar-refractivity contribution < 1.29 is 17.9 Å². The fourth-order valence-corrected chi connectivity index (χ4v) is 5.35. The lowest BCUT2D eigenvalue weighted by Crippen LogP contribution is -2.34. The molecule has 128 valence electrons. The molecule has 1 aromatic rings. The van der Waals surface area contributed by atoms with Gasteiger partial charge in [-0.3, -0.25) is 4.79 Å². The molecule has 1 saturated carbocycles. The smallest absolute Gasteiger partial charge is 0.310 e. The standard InChI is InChI=1S/C18H26O4S/c1-2-22-18(19)16(13-15-9-5-3-6-10-15)14-23(20,21)17-11-7-4-8-12-17/h3,5-6,9-10,16-17H,2,4,7-8,11-14H2,1H3/t16-/m0/s1. The molecule has 1 fully saturated rings. The number of carbonyl (C=O) groups is 1. The van der Waals surface area contributed by atoms with Crippen LogP contribution in [-0.2, 0) is 25.8 Å².